The highest BCUT2D eigenvalue weighted by molar-refractivity contribution is 7.17. The van der Waals surface area contributed by atoms with Gasteiger partial charge >= 0.3 is 0 Å². The third-order valence-electron chi connectivity index (χ3n) is 5.34. The molecule has 2 aromatic rings. The highest BCUT2D eigenvalue weighted by Gasteiger charge is 2.26. The first kappa shape index (κ1) is 23.6. The molecular weight excluding hydrogens is 437 g/mol. The van der Waals surface area contributed by atoms with Crippen LogP contribution in [0.2, 0.25) is 5.02 Å². The van der Waals surface area contributed by atoms with E-state index in [2.05, 4.69) is 0 Å². The summed E-state index contributed by atoms with van der Waals surface area (Å²) >= 11 is 6.30. The third kappa shape index (κ3) is 6.00. The Hall–Kier alpha value is -2.07. The Balaban J connectivity index is 1.83. The molecule has 7 heteroatoms. The van der Waals surface area contributed by atoms with E-state index in [9.17, 15) is 13.6 Å². The van der Waals surface area contributed by atoms with E-state index in [4.69, 9.17) is 17.3 Å². The van der Waals surface area contributed by atoms with E-state index in [1.807, 2.05) is 37.3 Å². The molecule has 1 aliphatic rings. The van der Waals surface area contributed by atoms with Crippen LogP contribution in [0, 0.1) is 6.92 Å². The fourth-order valence-corrected chi connectivity index (χ4v) is 3.79. The van der Waals surface area contributed by atoms with Gasteiger partial charge in [-0.15, -0.1) is 0 Å². The van der Waals surface area contributed by atoms with Gasteiger partial charge in [-0.3, -0.25) is 4.79 Å². The van der Waals surface area contributed by atoms with E-state index >= 15 is 0 Å². The topological polar surface area (TPSA) is 46.3 Å². The Kier molecular flexibility index (Phi) is 7.64. The third-order valence-corrected chi connectivity index (χ3v) is 6.09. The molecule has 1 amide bonds. The molecule has 31 heavy (non-hydrogen) atoms. The smallest absolute Gasteiger partial charge is 0.283 e. The summed E-state index contributed by atoms with van der Waals surface area (Å²) < 4.78 is 26.9. The van der Waals surface area contributed by atoms with Crippen LogP contribution < -0.4 is 10.6 Å². The van der Waals surface area contributed by atoms with Crippen molar-refractivity contribution in [3.05, 3.63) is 88.0 Å². The molecule has 164 valence electrons. The molecule has 0 saturated carbocycles. The van der Waals surface area contributed by atoms with Gasteiger partial charge in [-0.05, 0) is 55.0 Å². The summed E-state index contributed by atoms with van der Waals surface area (Å²) in [5.74, 6) is -0.231. The van der Waals surface area contributed by atoms with Crippen LogP contribution in [0.4, 0.5) is 14.5 Å². The zero-order valence-corrected chi connectivity index (χ0v) is 19.2. The largest absolute Gasteiger partial charge is 0.316 e. The SMILES string of the molecule is Cc1ccc(N(CCc2ccc(C(F)(F)P)cc2)C(=O)C(N)C2=CCCC=C2)cc1Cl. The molecule has 2 aromatic carbocycles. The number of hydrogen-bond acceptors (Lipinski definition) is 2. The number of carbonyl (C=O) groups is 1. The number of anilines is 1. The summed E-state index contributed by atoms with van der Waals surface area (Å²) in [6, 6.07) is 10.8. The Morgan fingerprint density at radius 1 is 1.23 bits per heavy atom. The summed E-state index contributed by atoms with van der Waals surface area (Å²) in [6.45, 7) is 2.24. The van der Waals surface area contributed by atoms with E-state index in [-0.39, 0.29) is 11.5 Å². The fourth-order valence-electron chi connectivity index (χ4n) is 3.43. The Bertz CT molecular complexity index is 1000. The quantitative estimate of drug-likeness (QED) is 0.532. The van der Waals surface area contributed by atoms with Crippen LogP contribution in [-0.4, -0.2) is 18.5 Å². The number of aryl methyl sites for hydroxylation is 1. The molecule has 0 aliphatic heterocycles. The van der Waals surface area contributed by atoms with Crippen LogP contribution in [-0.2, 0) is 16.9 Å². The summed E-state index contributed by atoms with van der Waals surface area (Å²) in [6.07, 6.45) is 8.18. The van der Waals surface area contributed by atoms with Crippen molar-refractivity contribution < 1.29 is 13.6 Å². The second kappa shape index (κ2) is 10.0. The van der Waals surface area contributed by atoms with E-state index in [0.717, 1.165) is 29.5 Å². The van der Waals surface area contributed by atoms with Gasteiger partial charge in [-0.2, -0.15) is 8.78 Å². The number of allylic oxidation sites excluding steroid dienone is 2. The Labute approximate surface area is 189 Å². The minimum Gasteiger partial charge on any atom is -0.316 e. The number of rotatable bonds is 7. The molecule has 1 aliphatic carbocycles. The number of carbonyl (C=O) groups excluding carboxylic acids is 1. The molecule has 2 atom stereocenters. The molecule has 2 N–H and O–H groups in total. The molecular formula is C24H26ClF2N2OP. The van der Waals surface area contributed by atoms with Crippen molar-refractivity contribution >= 4 is 32.4 Å². The monoisotopic (exact) mass is 462 g/mol. The highest BCUT2D eigenvalue weighted by atomic mass is 35.5. The lowest BCUT2D eigenvalue weighted by Crippen LogP contribution is -2.45. The van der Waals surface area contributed by atoms with Gasteiger partial charge < -0.3 is 10.6 Å². The maximum Gasteiger partial charge on any atom is 0.283 e. The lowest BCUT2D eigenvalue weighted by Gasteiger charge is -2.27. The van der Waals surface area contributed by atoms with Crippen molar-refractivity contribution in [2.24, 2.45) is 5.73 Å². The molecule has 0 aromatic heterocycles. The highest BCUT2D eigenvalue weighted by Crippen LogP contribution is 2.34. The van der Waals surface area contributed by atoms with Crippen molar-refractivity contribution in [2.75, 3.05) is 11.4 Å². The molecule has 0 spiro atoms. The maximum atomic E-state index is 13.4. The maximum absolute atomic E-state index is 13.4. The standard InChI is InChI=1S/C24H26ClF2N2OP/c1-16-7-12-20(15-21(16)25)29(23(30)22(28)18-5-3-2-4-6-18)14-13-17-8-10-19(11-9-17)24(26,27)31/h3,5-12,15,22H,2,4,13-14,28,31H2,1H3. The minimum atomic E-state index is -2.97. The first-order valence-electron chi connectivity index (χ1n) is 10.1. The Morgan fingerprint density at radius 3 is 2.52 bits per heavy atom. The van der Waals surface area contributed by atoms with Gasteiger partial charge in [0.15, 0.2) is 0 Å². The number of halogens is 3. The average molecular weight is 463 g/mol. The van der Waals surface area contributed by atoms with Crippen LogP contribution in [0.5, 0.6) is 0 Å². The van der Waals surface area contributed by atoms with Crippen LogP contribution in [0.1, 0.15) is 29.5 Å². The molecule has 3 rings (SSSR count). The van der Waals surface area contributed by atoms with Crippen molar-refractivity contribution in [1.82, 2.24) is 0 Å². The summed E-state index contributed by atoms with van der Waals surface area (Å²) in [5.41, 5.74) is 6.48. The summed E-state index contributed by atoms with van der Waals surface area (Å²) in [4.78, 5) is 14.9. The van der Waals surface area contributed by atoms with E-state index in [1.165, 1.54) is 21.4 Å². The van der Waals surface area contributed by atoms with Crippen LogP contribution >= 0.6 is 20.8 Å². The molecule has 0 radical (unpaired) electrons. The van der Waals surface area contributed by atoms with Crippen molar-refractivity contribution in [1.29, 1.82) is 0 Å². The number of alkyl halides is 2. The van der Waals surface area contributed by atoms with Crippen LogP contribution in [0.3, 0.4) is 0 Å². The number of nitrogens with two attached hydrogens (primary N) is 1. The molecule has 0 saturated heterocycles. The first-order chi connectivity index (χ1) is 14.7. The van der Waals surface area contributed by atoms with Gasteiger partial charge in [-0.25, -0.2) is 0 Å². The number of hydrogen-bond donors (Lipinski definition) is 1. The molecule has 2 unspecified atom stereocenters. The van der Waals surface area contributed by atoms with E-state index in [0.29, 0.717) is 23.7 Å². The summed E-state index contributed by atoms with van der Waals surface area (Å²) in [7, 11) is 1.54. The number of amides is 1. The van der Waals surface area contributed by atoms with Crippen molar-refractivity contribution in [3.8, 4) is 0 Å². The van der Waals surface area contributed by atoms with E-state index in [1.54, 1.807) is 23.1 Å². The van der Waals surface area contributed by atoms with Gasteiger partial charge in [0.2, 0.25) is 5.91 Å². The number of nitrogens with zero attached hydrogens (tertiary/aromatic N) is 1. The lowest BCUT2D eigenvalue weighted by atomic mass is 9.99. The van der Waals surface area contributed by atoms with Gasteiger partial charge in [0.05, 0.1) is 0 Å². The van der Waals surface area contributed by atoms with E-state index < -0.39 is 11.7 Å². The zero-order chi connectivity index (χ0) is 22.6. The second-order valence-electron chi connectivity index (χ2n) is 7.65. The van der Waals surface area contributed by atoms with Gasteiger partial charge in [0.25, 0.3) is 5.66 Å². The van der Waals surface area contributed by atoms with Crippen LogP contribution in [0.25, 0.3) is 0 Å². The van der Waals surface area contributed by atoms with Gasteiger partial charge in [0.1, 0.15) is 6.04 Å². The fraction of sp³-hybridized carbons (Fsp3) is 0.292. The molecule has 3 nitrogen and oxygen atoms in total. The van der Waals surface area contributed by atoms with Gasteiger partial charge in [-0.1, -0.05) is 69.4 Å². The van der Waals surface area contributed by atoms with Crippen molar-refractivity contribution in [3.63, 3.8) is 0 Å². The first-order valence-corrected chi connectivity index (χ1v) is 11.1. The summed E-state index contributed by atoms with van der Waals surface area (Å²) in [5, 5.41) is 0.563. The molecule has 0 heterocycles. The van der Waals surface area contributed by atoms with Crippen molar-refractivity contribution in [2.45, 2.75) is 37.9 Å². The van der Waals surface area contributed by atoms with Gasteiger partial charge in [0, 0.05) is 22.8 Å². The predicted octanol–water partition coefficient (Wildman–Crippen LogP) is 5.75. The normalized spacial score (nSPS) is 14.8. The minimum absolute atomic E-state index is 0.0717. The number of benzene rings is 2. The Morgan fingerprint density at radius 2 is 1.94 bits per heavy atom. The molecule has 0 fully saturated rings. The zero-order valence-electron chi connectivity index (χ0n) is 17.3. The second-order valence-corrected chi connectivity index (χ2v) is 8.79. The molecule has 0 bridgehead atoms. The average Bonchev–Trinajstić information content (AvgIpc) is 2.76. The predicted molar refractivity (Wildman–Crippen MR) is 127 cm³/mol. The van der Waals surface area contributed by atoms with Crippen LogP contribution in [0.15, 0.2) is 66.3 Å². The lowest BCUT2D eigenvalue weighted by molar-refractivity contribution is -0.119.